The van der Waals surface area contributed by atoms with Crippen molar-refractivity contribution in [2.24, 2.45) is 5.92 Å². The molecule has 0 bridgehead atoms. The summed E-state index contributed by atoms with van der Waals surface area (Å²) in [4.78, 5) is 21.1. The monoisotopic (exact) mass is 409 g/mol. The van der Waals surface area contributed by atoms with Gasteiger partial charge in [-0.2, -0.15) is 5.10 Å². The molecule has 1 aliphatic carbocycles. The molecule has 0 spiro atoms. The number of aromatic nitrogens is 4. The number of nitrogens with zero attached hydrogens (tertiary/aromatic N) is 4. The van der Waals surface area contributed by atoms with E-state index >= 15 is 0 Å². The molecule has 4 N–H and O–H groups in total. The number of benzene rings is 1. The number of nitrogens with one attached hydrogen (secondary N) is 1. The summed E-state index contributed by atoms with van der Waals surface area (Å²) < 4.78 is 1.68. The van der Waals surface area contributed by atoms with Gasteiger partial charge in [-0.1, -0.05) is 30.3 Å². The fraction of sp³-hybridized carbons (Fsp3) is 0.333. The molecule has 1 fully saturated rings. The van der Waals surface area contributed by atoms with Crippen LogP contribution in [-0.4, -0.2) is 65.7 Å². The number of hydrogen-bond acceptors (Lipinski definition) is 8. The zero-order valence-electron chi connectivity index (χ0n) is 16.2. The number of aliphatic hydroxyl groups is 3. The third-order valence-corrected chi connectivity index (χ3v) is 5.38. The molecule has 156 valence electrons. The van der Waals surface area contributed by atoms with Crippen LogP contribution in [0.3, 0.4) is 0 Å². The third kappa shape index (κ3) is 4.09. The summed E-state index contributed by atoms with van der Waals surface area (Å²) in [6.45, 7) is 0.310. The highest BCUT2D eigenvalue weighted by Crippen LogP contribution is 2.29. The van der Waals surface area contributed by atoms with Crippen molar-refractivity contribution in [1.29, 1.82) is 0 Å². The summed E-state index contributed by atoms with van der Waals surface area (Å²) in [5.41, 5.74) is 1.54. The van der Waals surface area contributed by atoms with E-state index in [0.29, 0.717) is 13.0 Å². The van der Waals surface area contributed by atoms with Gasteiger partial charge in [-0.3, -0.25) is 9.48 Å². The van der Waals surface area contributed by atoms with Crippen LogP contribution in [0.15, 0.2) is 55.1 Å². The molecule has 2 aromatic heterocycles. The summed E-state index contributed by atoms with van der Waals surface area (Å²) in [5, 5.41) is 37.0. The maximum Gasteiger partial charge on any atom is 0.218 e. The topological polar surface area (TPSA) is 133 Å². The van der Waals surface area contributed by atoms with Gasteiger partial charge in [-0.05, 0) is 18.1 Å². The molecule has 9 nitrogen and oxygen atoms in total. The maximum atomic E-state index is 13.0. The van der Waals surface area contributed by atoms with Gasteiger partial charge in [0.1, 0.15) is 23.9 Å². The van der Waals surface area contributed by atoms with E-state index < -0.39 is 24.2 Å². The minimum Gasteiger partial charge on any atom is -0.396 e. The molecule has 0 saturated heterocycles. The number of carbonyl (C=O) groups excluding carboxylic acids is 1. The lowest BCUT2D eigenvalue weighted by Gasteiger charge is -2.19. The van der Waals surface area contributed by atoms with Gasteiger partial charge in [-0.25, -0.2) is 9.97 Å². The van der Waals surface area contributed by atoms with Crippen LogP contribution in [0.4, 0.5) is 5.82 Å². The molecule has 3 aromatic rings. The molecule has 0 aliphatic heterocycles. The fourth-order valence-electron chi connectivity index (χ4n) is 3.71. The average molecular weight is 409 g/mol. The van der Waals surface area contributed by atoms with Crippen LogP contribution in [-0.2, 0) is 6.54 Å². The predicted octanol–water partition coefficient (Wildman–Crippen LogP) is 0.467. The molecule has 9 heteroatoms. The SMILES string of the molecule is O=C(c1ccn(Cc2ccccc2)n1)c1cncnc1N[C@@H]1CC(CO)[C@@H](O)[C@@H]1O. The van der Waals surface area contributed by atoms with Gasteiger partial charge in [0.25, 0.3) is 0 Å². The molecule has 1 aromatic carbocycles. The highest BCUT2D eigenvalue weighted by molar-refractivity contribution is 6.10. The number of anilines is 1. The second-order valence-electron chi connectivity index (χ2n) is 7.41. The second-order valence-corrected chi connectivity index (χ2v) is 7.41. The smallest absolute Gasteiger partial charge is 0.218 e. The molecule has 1 aliphatic rings. The number of rotatable bonds is 7. The second kappa shape index (κ2) is 8.70. The molecule has 30 heavy (non-hydrogen) atoms. The first-order chi connectivity index (χ1) is 14.6. The third-order valence-electron chi connectivity index (χ3n) is 5.38. The Bertz CT molecular complexity index is 1010. The normalized spacial score (nSPS) is 23.4. The van der Waals surface area contributed by atoms with E-state index in [1.807, 2.05) is 30.3 Å². The first-order valence-electron chi connectivity index (χ1n) is 9.72. The Labute approximate surface area is 173 Å². The van der Waals surface area contributed by atoms with Crippen LogP contribution < -0.4 is 5.32 Å². The Morgan fingerprint density at radius 2 is 1.97 bits per heavy atom. The van der Waals surface area contributed by atoms with Crippen LogP contribution >= 0.6 is 0 Å². The summed E-state index contributed by atoms with van der Waals surface area (Å²) in [7, 11) is 0. The van der Waals surface area contributed by atoms with Crippen LogP contribution in [0.1, 0.15) is 28.0 Å². The minimum absolute atomic E-state index is 0.219. The predicted molar refractivity (Wildman–Crippen MR) is 108 cm³/mol. The molecular weight excluding hydrogens is 386 g/mol. The lowest BCUT2D eigenvalue weighted by atomic mass is 10.1. The molecule has 4 rings (SSSR count). The summed E-state index contributed by atoms with van der Waals surface area (Å²) in [5.74, 6) is -0.536. The van der Waals surface area contributed by atoms with Crippen molar-refractivity contribution in [2.75, 3.05) is 11.9 Å². The van der Waals surface area contributed by atoms with E-state index in [2.05, 4.69) is 20.4 Å². The van der Waals surface area contributed by atoms with E-state index in [4.69, 9.17) is 0 Å². The highest BCUT2D eigenvalue weighted by atomic mass is 16.3. The Morgan fingerprint density at radius 3 is 2.70 bits per heavy atom. The van der Waals surface area contributed by atoms with Gasteiger partial charge in [-0.15, -0.1) is 0 Å². The molecule has 0 radical (unpaired) electrons. The van der Waals surface area contributed by atoms with Crippen LogP contribution in [0.25, 0.3) is 0 Å². The fourth-order valence-corrected chi connectivity index (χ4v) is 3.71. The Balaban J connectivity index is 1.52. The van der Waals surface area contributed by atoms with Gasteiger partial charge in [0, 0.05) is 24.9 Å². The summed E-state index contributed by atoms with van der Waals surface area (Å²) in [6, 6.07) is 10.9. The van der Waals surface area contributed by atoms with Gasteiger partial charge in [0.15, 0.2) is 0 Å². The van der Waals surface area contributed by atoms with E-state index in [1.165, 1.54) is 12.5 Å². The van der Waals surface area contributed by atoms with E-state index in [-0.39, 0.29) is 29.5 Å². The number of hydrogen-bond donors (Lipinski definition) is 4. The first-order valence-corrected chi connectivity index (χ1v) is 9.72. The van der Waals surface area contributed by atoms with E-state index in [9.17, 15) is 20.1 Å². The van der Waals surface area contributed by atoms with Crippen molar-refractivity contribution in [3.05, 3.63) is 71.9 Å². The van der Waals surface area contributed by atoms with E-state index in [0.717, 1.165) is 5.56 Å². The average Bonchev–Trinajstić information content (AvgIpc) is 3.34. The summed E-state index contributed by atoms with van der Waals surface area (Å²) >= 11 is 0. The lowest BCUT2D eigenvalue weighted by Crippen LogP contribution is -2.36. The van der Waals surface area contributed by atoms with Crippen molar-refractivity contribution in [3.8, 4) is 0 Å². The molecule has 0 amide bonds. The maximum absolute atomic E-state index is 13.0. The van der Waals surface area contributed by atoms with Crippen LogP contribution in [0.2, 0.25) is 0 Å². The number of ketones is 1. The Kier molecular flexibility index (Phi) is 5.84. The zero-order chi connectivity index (χ0) is 21.1. The quantitative estimate of drug-likeness (QED) is 0.414. The molecule has 2 heterocycles. The lowest BCUT2D eigenvalue weighted by molar-refractivity contribution is 0.00445. The highest BCUT2D eigenvalue weighted by Gasteiger charge is 2.41. The van der Waals surface area contributed by atoms with E-state index in [1.54, 1.807) is 16.9 Å². The largest absolute Gasteiger partial charge is 0.396 e. The van der Waals surface area contributed by atoms with Gasteiger partial charge >= 0.3 is 0 Å². The first kappa shape index (κ1) is 20.1. The van der Waals surface area contributed by atoms with Crippen molar-refractivity contribution in [2.45, 2.75) is 31.2 Å². The zero-order valence-corrected chi connectivity index (χ0v) is 16.2. The van der Waals surface area contributed by atoms with Crippen LogP contribution in [0, 0.1) is 5.92 Å². The Hall–Kier alpha value is -3.14. The van der Waals surface area contributed by atoms with Crippen molar-refractivity contribution in [1.82, 2.24) is 19.7 Å². The van der Waals surface area contributed by atoms with Crippen molar-refractivity contribution < 1.29 is 20.1 Å². The van der Waals surface area contributed by atoms with Crippen molar-refractivity contribution in [3.63, 3.8) is 0 Å². The van der Waals surface area contributed by atoms with Crippen LogP contribution in [0.5, 0.6) is 0 Å². The summed E-state index contributed by atoms with van der Waals surface area (Å²) in [6.07, 6.45) is 2.67. The minimum atomic E-state index is -1.08. The number of carbonyl (C=O) groups is 1. The molecule has 4 atom stereocenters. The molecule has 1 saturated carbocycles. The van der Waals surface area contributed by atoms with Gasteiger partial charge < -0.3 is 20.6 Å². The van der Waals surface area contributed by atoms with Gasteiger partial charge in [0.2, 0.25) is 5.78 Å². The number of aliphatic hydroxyl groups excluding tert-OH is 3. The standard InChI is InChI=1S/C21H23N5O4/c27-11-14-8-17(20(30)18(14)28)24-21-15(9-22-12-23-21)19(29)16-6-7-26(25-16)10-13-4-2-1-3-5-13/h1-7,9,12,14,17-18,20,27-28,30H,8,10-11H2,(H,22,23,24)/t14?,17-,18-,20-/m1/s1. The molecule has 1 unspecified atom stereocenters. The van der Waals surface area contributed by atoms with Gasteiger partial charge in [0.05, 0.1) is 24.3 Å². The Morgan fingerprint density at radius 1 is 1.17 bits per heavy atom. The molecular formula is C21H23N5O4. The van der Waals surface area contributed by atoms with Crippen molar-refractivity contribution >= 4 is 11.6 Å².